The summed E-state index contributed by atoms with van der Waals surface area (Å²) in [5, 5.41) is 0. The molecule has 35 heavy (non-hydrogen) atoms. The summed E-state index contributed by atoms with van der Waals surface area (Å²) in [7, 11) is 1.30. The number of pyridine rings is 1. The molecule has 186 valence electrons. The molecule has 0 saturated heterocycles. The molecule has 1 atom stereocenters. The maximum Gasteiger partial charge on any atom is 0.416 e. The van der Waals surface area contributed by atoms with Gasteiger partial charge in [0.1, 0.15) is 6.04 Å². The van der Waals surface area contributed by atoms with Crippen LogP contribution in [0.4, 0.5) is 13.2 Å². The van der Waals surface area contributed by atoms with Crippen LogP contribution < -0.4 is 0 Å². The number of carbonyl (C=O) groups excluding carboxylic acids is 2. The Morgan fingerprint density at radius 3 is 2.51 bits per heavy atom. The van der Waals surface area contributed by atoms with E-state index in [9.17, 15) is 22.8 Å². The van der Waals surface area contributed by atoms with Gasteiger partial charge < -0.3 is 14.2 Å². The number of rotatable bonds is 7. The zero-order valence-electron chi connectivity index (χ0n) is 20.1. The molecule has 4 rings (SSSR count). The fraction of sp³-hybridized carbons (Fsp3) is 0.423. The molecule has 0 spiro atoms. The third-order valence-electron chi connectivity index (χ3n) is 6.48. The second kappa shape index (κ2) is 9.36. The van der Waals surface area contributed by atoms with E-state index < -0.39 is 23.8 Å². The number of aryl methyl sites for hydroxylation is 1. The second-order valence-electron chi connectivity index (χ2n) is 8.97. The number of amides is 1. The number of halogens is 3. The smallest absolute Gasteiger partial charge is 0.416 e. The minimum atomic E-state index is -4.52. The lowest BCUT2D eigenvalue weighted by Crippen LogP contribution is -2.31. The summed E-state index contributed by atoms with van der Waals surface area (Å²) in [6.07, 6.45) is -1.17. The standard InChI is InChI=1S/C26H28F3N3O3/c1-5-31(24(33)17-7-8-17)13-18-12-19(26(27,28)29)9-10-20(18)21-14-32(16(3)25(34)35-4)22-11-6-15(2)30-23(21)22/h6,9-12,14,16-17H,5,7-8,13H2,1-4H3. The van der Waals surface area contributed by atoms with E-state index in [1.807, 2.05) is 26.0 Å². The van der Waals surface area contributed by atoms with E-state index in [1.165, 1.54) is 13.2 Å². The molecule has 2 aromatic heterocycles. The zero-order valence-corrected chi connectivity index (χ0v) is 20.1. The average molecular weight is 488 g/mol. The van der Waals surface area contributed by atoms with E-state index in [2.05, 4.69) is 4.98 Å². The molecule has 0 aliphatic heterocycles. The van der Waals surface area contributed by atoms with Crippen LogP contribution in [0.1, 0.15) is 49.6 Å². The maximum atomic E-state index is 13.6. The molecule has 1 fully saturated rings. The molecule has 1 saturated carbocycles. The SMILES string of the molecule is CCN(Cc1cc(C(F)(F)F)ccc1-c1cn(C(C)C(=O)OC)c2ccc(C)nc12)C(=O)C1CC1. The lowest BCUT2D eigenvalue weighted by atomic mass is 9.97. The fourth-order valence-electron chi connectivity index (χ4n) is 4.33. The number of carbonyl (C=O) groups is 2. The van der Waals surface area contributed by atoms with Gasteiger partial charge >= 0.3 is 12.1 Å². The van der Waals surface area contributed by atoms with Crippen LogP contribution >= 0.6 is 0 Å². The lowest BCUT2D eigenvalue weighted by Gasteiger charge is -2.23. The van der Waals surface area contributed by atoms with Crippen molar-refractivity contribution in [3.05, 3.63) is 53.3 Å². The highest BCUT2D eigenvalue weighted by atomic mass is 19.4. The Hall–Kier alpha value is -3.36. The first-order chi connectivity index (χ1) is 16.5. The molecule has 1 amide bonds. The van der Waals surface area contributed by atoms with Gasteiger partial charge in [-0.2, -0.15) is 13.2 Å². The predicted molar refractivity (Wildman–Crippen MR) is 125 cm³/mol. The maximum absolute atomic E-state index is 13.6. The van der Waals surface area contributed by atoms with Crippen LogP contribution in [0.5, 0.6) is 0 Å². The molecule has 2 heterocycles. The number of nitrogens with zero attached hydrogens (tertiary/aromatic N) is 3. The van der Waals surface area contributed by atoms with Crippen molar-refractivity contribution in [3.63, 3.8) is 0 Å². The second-order valence-corrected chi connectivity index (χ2v) is 8.97. The Balaban J connectivity index is 1.90. The molecule has 1 aromatic carbocycles. The van der Waals surface area contributed by atoms with Crippen LogP contribution in [0.15, 0.2) is 36.5 Å². The minimum Gasteiger partial charge on any atom is -0.467 e. The molecule has 0 radical (unpaired) electrons. The van der Waals surface area contributed by atoms with E-state index in [0.717, 1.165) is 30.7 Å². The number of esters is 1. The van der Waals surface area contributed by atoms with Gasteiger partial charge in [-0.3, -0.25) is 9.78 Å². The van der Waals surface area contributed by atoms with Crippen molar-refractivity contribution in [1.82, 2.24) is 14.5 Å². The van der Waals surface area contributed by atoms with E-state index in [4.69, 9.17) is 4.74 Å². The third-order valence-corrected chi connectivity index (χ3v) is 6.48. The number of aromatic nitrogens is 2. The average Bonchev–Trinajstić information content (AvgIpc) is 3.61. The van der Waals surface area contributed by atoms with Crippen LogP contribution in [-0.2, 0) is 27.0 Å². The van der Waals surface area contributed by atoms with Crippen LogP contribution in [0.3, 0.4) is 0 Å². The largest absolute Gasteiger partial charge is 0.467 e. The molecular weight excluding hydrogens is 459 g/mol. The van der Waals surface area contributed by atoms with E-state index in [1.54, 1.807) is 22.6 Å². The number of hydrogen-bond donors (Lipinski definition) is 0. The first-order valence-electron chi connectivity index (χ1n) is 11.6. The fourth-order valence-corrected chi connectivity index (χ4v) is 4.33. The summed E-state index contributed by atoms with van der Waals surface area (Å²) in [5.41, 5.74) is 2.70. The van der Waals surface area contributed by atoms with E-state index >= 15 is 0 Å². The third kappa shape index (κ3) is 4.90. The Labute approximate surface area is 201 Å². The molecule has 1 aliphatic carbocycles. The van der Waals surface area contributed by atoms with Crippen LogP contribution in [-0.4, -0.2) is 40.0 Å². The quantitative estimate of drug-likeness (QED) is 0.412. The Kier molecular flexibility index (Phi) is 6.62. The van der Waals surface area contributed by atoms with Gasteiger partial charge in [-0.05, 0) is 69.0 Å². The molecule has 1 aliphatic rings. The highest BCUT2D eigenvalue weighted by Gasteiger charge is 2.35. The summed E-state index contributed by atoms with van der Waals surface area (Å²) >= 11 is 0. The summed E-state index contributed by atoms with van der Waals surface area (Å²) in [5.74, 6) is -0.531. The number of ether oxygens (including phenoxy) is 1. The van der Waals surface area contributed by atoms with Crippen molar-refractivity contribution in [2.75, 3.05) is 13.7 Å². The van der Waals surface area contributed by atoms with Crippen molar-refractivity contribution in [2.45, 2.75) is 52.4 Å². The van der Waals surface area contributed by atoms with Gasteiger partial charge in [-0.25, -0.2) is 4.79 Å². The van der Waals surface area contributed by atoms with Gasteiger partial charge in [-0.1, -0.05) is 6.07 Å². The van der Waals surface area contributed by atoms with Gasteiger partial charge in [0, 0.05) is 36.5 Å². The van der Waals surface area contributed by atoms with Crippen LogP contribution in [0, 0.1) is 12.8 Å². The number of hydrogen-bond acceptors (Lipinski definition) is 4. The van der Waals surface area contributed by atoms with Crippen LogP contribution in [0.2, 0.25) is 0 Å². The van der Waals surface area contributed by atoms with Crippen molar-refractivity contribution in [3.8, 4) is 11.1 Å². The number of fused-ring (bicyclic) bond motifs is 1. The first-order valence-corrected chi connectivity index (χ1v) is 11.6. The van der Waals surface area contributed by atoms with Gasteiger partial charge in [0.05, 0.1) is 23.7 Å². The normalized spacial score (nSPS) is 14.7. The van der Waals surface area contributed by atoms with Gasteiger partial charge in [0.15, 0.2) is 0 Å². The lowest BCUT2D eigenvalue weighted by molar-refractivity contribution is -0.144. The number of alkyl halides is 3. The Bertz CT molecular complexity index is 1280. The topological polar surface area (TPSA) is 64.4 Å². The molecule has 6 nitrogen and oxygen atoms in total. The molecule has 3 aromatic rings. The summed E-state index contributed by atoms with van der Waals surface area (Å²) in [4.78, 5) is 31.3. The summed E-state index contributed by atoms with van der Waals surface area (Å²) in [6.45, 7) is 5.78. The van der Waals surface area contributed by atoms with Crippen molar-refractivity contribution in [2.24, 2.45) is 5.92 Å². The first kappa shape index (κ1) is 24.8. The highest BCUT2D eigenvalue weighted by molar-refractivity contribution is 5.95. The van der Waals surface area contributed by atoms with Crippen molar-refractivity contribution in [1.29, 1.82) is 0 Å². The molecular formula is C26H28F3N3O3. The van der Waals surface area contributed by atoms with Gasteiger partial charge in [0.25, 0.3) is 0 Å². The Morgan fingerprint density at radius 1 is 1.20 bits per heavy atom. The van der Waals surface area contributed by atoms with Crippen molar-refractivity contribution < 1.29 is 27.5 Å². The highest BCUT2D eigenvalue weighted by Crippen LogP contribution is 2.38. The van der Waals surface area contributed by atoms with E-state index in [-0.39, 0.29) is 18.4 Å². The van der Waals surface area contributed by atoms with Crippen LogP contribution in [0.25, 0.3) is 22.2 Å². The minimum absolute atomic E-state index is 0.0356. The molecule has 9 heteroatoms. The van der Waals surface area contributed by atoms with Crippen molar-refractivity contribution >= 4 is 22.9 Å². The molecule has 0 N–H and O–H groups in total. The number of benzene rings is 1. The summed E-state index contributed by atoms with van der Waals surface area (Å²) < 4.78 is 47.5. The Morgan fingerprint density at radius 2 is 1.91 bits per heavy atom. The van der Waals surface area contributed by atoms with Gasteiger partial charge in [-0.15, -0.1) is 0 Å². The predicted octanol–water partition coefficient (Wildman–Crippen LogP) is 5.52. The van der Waals surface area contributed by atoms with E-state index in [0.29, 0.717) is 34.3 Å². The number of methoxy groups -OCH3 is 1. The molecule has 1 unspecified atom stereocenters. The zero-order chi connectivity index (χ0) is 25.5. The summed E-state index contributed by atoms with van der Waals surface area (Å²) in [6, 6.07) is 6.57. The van der Waals surface area contributed by atoms with Gasteiger partial charge in [0.2, 0.25) is 5.91 Å². The monoisotopic (exact) mass is 487 g/mol. The molecule has 0 bridgehead atoms.